The van der Waals surface area contributed by atoms with Crippen molar-refractivity contribution in [3.05, 3.63) is 65.6 Å². The Morgan fingerprint density at radius 2 is 2.04 bits per heavy atom. The Hall–Kier alpha value is -3.19. The van der Waals surface area contributed by atoms with E-state index in [1.807, 2.05) is 42.5 Å². The maximum Gasteiger partial charge on any atom is 0.434 e. The molecule has 0 saturated heterocycles. The number of halogens is 1. The average Bonchev–Trinajstić information content (AvgIpc) is 3.07. The molecule has 0 spiro atoms. The highest BCUT2D eigenvalue weighted by Crippen LogP contribution is 2.31. The smallest absolute Gasteiger partial charge is 0.434 e. The minimum absolute atomic E-state index is 0.230. The monoisotopic (exact) mass is 381 g/mol. The van der Waals surface area contributed by atoms with Gasteiger partial charge in [-0.2, -0.15) is 15.2 Å². The number of rotatable bonds is 3. The van der Waals surface area contributed by atoms with Gasteiger partial charge in [0.05, 0.1) is 23.9 Å². The molecule has 8 heteroatoms. The van der Waals surface area contributed by atoms with Crippen molar-refractivity contribution in [1.29, 1.82) is 0 Å². The Labute approximate surface area is 160 Å². The second-order valence-corrected chi connectivity index (χ2v) is 6.20. The molecule has 4 rings (SSSR count). The number of carbonyl (C=O) groups is 1. The summed E-state index contributed by atoms with van der Waals surface area (Å²) in [7, 11) is 0. The first kappa shape index (κ1) is 17.2. The molecule has 0 saturated carbocycles. The van der Waals surface area contributed by atoms with Gasteiger partial charge in [-0.05, 0) is 19.1 Å². The number of amides is 1. The minimum atomic E-state index is -0.522. The Morgan fingerprint density at radius 1 is 1.22 bits per heavy atom. The van der Waals surface area contributed by atoms with Crippen LogP contribution in [0.2, 0.25) is 5.15 Å². The fourth-order valence-electron chi connectivity index (χ4n) is 2.90. The van der Waals surface area contributed by atoms with Crippen molar-refractivity contribution >= 4 is 29.6 Å². The van der Waals surface area contributed by atoms with E-state index in [-0.39, 0.29) is 12.5 Å². The fraction of sp³-hybridized carbons (Fsp3) is 0.158. The molecule has 1 atom stereocenters. The van der Waals surface area contributed by atoms with Gasteiger partial charge in [0.2, 0.25) is 0 Å². The first-order chi connectivity index (χ1) is 13.2. The van der Waals surface area contributed by atoms with Crippen LogP contribution in [-0.4, -0.2) is 38.5 Å². The van der Waals surface area contributed by atoms with E-state index in [2.05, 4.69) is 10.2 Å². The third-order valence-corrected chi connectivity index (χ3v) is 4.29. The zero-order valence-corrected chi connectivity index (χ0v) is 15.2. The molecule has 7 nitrogen and oxygen atoms in total. The van der Waals surface area contributed by atoms with E-state index in [0.29, 0.717) is 10.8 Å². The second kappa shape index (κ2) is 7.20. The molecule has 1 aromatic carbocycles. The van der Waals surface area contributed by atoms with Crippen molar-refractivity contribution in [3.8, 4) is 11.3 Å². The average molecular weight is 382 g/mol. The lowest BCUT2D eigenvalue weighted by molar-refractivity contribution is 0.123. The van der Waals surface area contributed by atoms with Crippen molar-refractivity contribution in [2.75, 3.05) is 6.61 Å². The number of imidazole rings is 1. The number of nitrogens with zero attached hydrogens (tertiary/aromatic N) is 5. The standard InChI is InChI=1S/C19H16ClN5O2/c1-2-27-19(26)24-11-10-14(12-21-24)18-17(13-6-4-3-5-7-13)22-16-9-8-15(20)23-25(16)18/h3-12,14H,2H2,1H3. The quantitative estimate of drug-likeness (QED) is 0.684. The highest BCUT2D eigenvalue weighted by molar-refractivity contribution is 6.29. The summed E-state index contributed by atoms with van der Waals surface area (Å²) in [5.41, 5.74) is 3.25. The first-order valence-corrected chi connectivity index (χ1v) is 8.84. The summed E-state index contributed by atoms with van der Waals surface area (Å²) < 4.78 is 6.67. The van der Waals surface area contributed by atoms with Crippen LogP contribution in [0.25, 0.3) is 16.9 Å². The van der Waals surface area contributed by atoms with E-state index in [1.165, 1.54) is 0 Å². The van der Waals surface area contributed by atoms with E-state index in [9.17, 15) is 4.79 Å². The molecule has 1 unspecified atom stereocenters. The van der Waals surface area contributed by atoms with Crippen LogP contribution in [0.1, 0.15) is 18.5 Å². The van der Waals surface area contributed by atoms with Gasteiger partial charge in [-0.1, -0.05) is 48.0 Å². The van der Waals surface area contributed by atoms with E-state index in [4.69, 9.17) is 21.3 Å². The molecular weight excluding hydrogens is 366 g/mol. The summed E-state index contributed by atoms with van der Waals surface area (Å²) in [6, 6.07) is 13.4. The van der Waals surface area contributed by atoms with Gasteiger partial charge in [-0.15, -0.1) is 0 Å². The number of fused-ring (bicyclic) bond motifs is 1. The van der Waals surface area contributed by atoms with Crippen LogP contribution in [0.3, 0.4) is 0 Å². The number of carbonyl (C=O) groups excluding carboxylic acids is 1. The van der Waals surface area contributed by atoms with Crippen LogP contribution in [0.4, 0.5) is 4.79 Å². The molecule has 1 amide bonds. The highest BCUT2D eigenvalue weighted by atomic mass is 35.5. The summed E-state index contributed by atoms with van der Waals surface area (Å²) in [6.07, 6.45) is 4.57. The van der Waals surface area contributed by atoms with Crippen LogP contribution < -0.4 is 0 Å². The summed E-state index contributed by atoms with van der Waals surface area (Å²) >= 11 is 6.10. The van der Waals surface area contributed by atoms with Gasteiger partial charge in [-0.3, -0.25) is 0 Å². The Balaban J connectivity index is 1.79. The highest BCUT2D eigenvalue weighted by Gasteiger charge is 2.24. The number of hydrogen-bond donors (Lipinski definition) is 0. The van der Waals surface area contributed by atoms with Crippen LogP contribution >= 0.6 is 11.6 Å². The van der Waals surface area contributed by atoms with E-state index < -0.39 is 6.09 Å². The normalized spacial score (nSPS) is 16.1. The van der Waals surface area contributed by atoms with Gasteiger partial charge in [0.25, 0.3) is 0 Å². The van der Waals surface area contributed by atoms with Gasteiger partial charge in [0, 0.05) is 18.0 Å². The first-order valence-electron chi connectivity index (χ1n) is 8.46. The number of benzene rings is 1. The molecule has 3 heterocycles. The molecule has 136 valence electrons. The lowest BCUT2D eigenvalue weighted by Gasteiger charge is -2.18. The van der Waals surface area contributed by atoms with Crippen LogP contribution in [-0.2, 0) is 4.74 Å². The zero-order chi connectivity index (χ0) is 18.8. The molecule has 0 fully saturated rings. The van der Waals surface area contributed by atoms with Gasteiger partial charge < -0.3 is 4.74 Å². The van der Waals surface area contributed by atoms with Crippen molar-refractivity contribution in [2.24, 2.45) is 5.10 Å². The Morgan fingerprint density at radius 3 is 2.74 bits per heavy atom. The number of allylic oxidation sites excluding steroid dienone is 1. The number of ether oxygens (including phenoxy) is 1. The number of aromatic nitrogens is 3. The molecular formula is C19H16ClN5O2. The molecule has 0 radical (unpaired) electrons. The van der Waals surface area contributed by atoms with Crippen LogP contribution in [0, 0.1) is 0 Å². The SMILES string of the molecule is CCOC(=O)N1C=CC(c2c(-c3ccccc3)nc3ccc(Cl)nn23)C=N1. The molecule has 0 aliphatic carbocycles. The predicted molar refractivity (Wildman–Crippen MR) is 103 cm³/mol. The summed E-state index contributed by atoms with van der Waals surface area (Å²) in [5.74, 6) is -0.230. The van der Waals surface area contributed by atoms with E-state index in [1.54, 1.807) is 29.9 Å². The Bertz CT molecular complexity index is 1030. The molecule has 0 bridgehead atoms. The molecule has 1 aliphatic rings. The maximum absolute atomic E-state index is 11.8. The van der Waals surface area contributed by atoms with E-state index >= 15 is 0 Å². The summed E-state index contributed by atoms with van der Waals surface area (Å²) in [4.78, 5) is 16.6. The lowest BCUT2D eigenvalue weighted by atomic mass is 10.0. The number of hydrazone groups is 1. The second-order valence-electron chi connectivity index (χ2n) is 5.81. The molecule has 3 aromatic rings. The topological polar surface area (TPSA) is 72.1 Å². The molecule has 1 aliphatic heterocycles. The van der Waals surface area contributed by atoms with Gasteiger partial charge >= 0.3 is 6.09 Å². The van der Waals surface area contributed by atoms with Crippen molar-refractivity contribution in [2.45, 2.75) is 12.8 Å². The fourth-order valence-corrected chi connectivity index (χ4v) is 3.04. The Kier molecular flexibility index (Phi) is 4.60. The lowest BCUT2D eigenvalue weighted by Crippen LogP contribution is -2.24. The summed E-state index contributed by atoms with van der Waals surface area (Å²) in [5, 5.41) is 10.1. The third kappa shape index (κ3) is 3.29. The summed E-state index contributed by atoms with van der Waals surface area (Å²) in [6.45, 7) is 2.04. The molecule has 27 heavy (non-hydrogen) atoms. The minimum Gasteiger partial charge on any atom is -0.448 e. The van der Waals surface area contributed by atoms with E-state index in [0.717, 1.165) is 22.0 Å². The van der Waals surface area contributed by atoms with Gasteiger partial charge in [0.15, 0.2) is 5.65 Å². The van der Waals surface area contributed by atoms with Crippen LogP contribution in [0.15, 0.2) is 59.8 Å². The molecule has 0 N–H and O–H groups in total. The van der Waals surface area contributed by atoms with Crippen molar-refractivity contribution < 1.29 is 9.53 Å². The third-order valence-electron chi connectivity index (χ3n) is 4.08. The maximum atomic E-state index is 11.8. The van der Waals surface area contributed by atoms with Crippen molar-refractivity contribution in [1.82, 2.24) is 19.6 Å². The predicted octanol–water partition coefficient (Wildman–Crippen LogP) is 4.10. The largest absolute Gasteiger partial charge is 0.448 e. The zero-order valence-electron chi connectivity index (χ0n) is 14.5. The van der Waals surface area contributed by atoms with Gasteiger partial charge in [-0.25, -0.2) is 14.3 Å². The van der Waals surface area contributed by atoms with Crippen LogP contribution in [0.5, 0.6) is 0 Å². The van der Waals surface area contributed by atoms with Gasteiger partial charge in [0.1, 0.15) is 5.15 Å². The number of hydrogen-bond acceptors (Lipinski definition) is 5. The molecule has 2 aromatic heterocycles. The van der Waals surface area contributed by atoms with Crippen molar-refractivity contribution in [3.63, 3.8) is 0 Å².